The lowest BCUT2D eigenvalue weighted by Gasteiger charge is -2.39. The maximum atomic E-state index is 12.7. The van der Waals surface area contributed by atoms with E-state index in [9.17, 15) is 9.59 Å². The molecular formula is C22H25ClN2O3. The zero-order chi connectivity index (χ0) is 20.1. The molecule has 1 aliphatic heterocycles. The first-order valence-electron chi connectivity index (χ1n) is 9.43. The van der Waals surface area contributed by atoms with E-state index < -0.39 is 0 Å². The maximum Gasteiger partial charge on any atom is 0.260 e. The van der Waals surface area contributed by atoms with Crippen LogP contribution in [-0.2, 0) is 9.59 Å². The van der Waals surface area contributed by atoms with Crippen molar-refractivity contribution >= 4 is 23.4 Å². The Labute approximate surface area is 170 Å². The molecule has 2 atom stereocenters. The summed E-state index contributed by atoms with van der Waals surface area (Å²) in [6.07, 6.45) is 0.792. The molecule has 6 heteroatoms. The summed E-state index contributed by atoms with van der Waals surface area (Å²) in [5.74, 6) is 0.661. The van der Waals surface area contributed by atoms with Crippen LogP contribution < -0.4 is 10.1 Å². The van der Waals surface area contributed by atoms with Crippen LogP contribution in [0.25, 0.3) is 0 Å². The number of piperidine rings is 1. The van der Waals surface area contributed by atoms with Crippen molar-refractivity contribution in [2.75, 3.05) is 19.7 Å². The third-order valence-electron chi connectivity index (χ3n) is 5.07. The normalized spacial score (nSPS) is 19.2. The van der Waals surface area contributed by atoms with Crippen LogP contribution in [0.1, 0.15) is 30.4 Å². The summed E-state index contributed by atoms with van der Waals surface area (Å²) in [4.78, 5) is 26.1. The Morgan fingerprint density at radius 1 is 1.21 bits per heavy atom. The highest BCUT2D eigenvalue weighted by Gasteiger charge is 2.33. The Balaban J connectivity index is 1.64. The molecule has 0 unspecified atom stereocenters. The van der Waals surface area contributed by atoms with Crippen LogP contribution in [-0.4, -0.2) is 42.5 Å². The lowest BCUT2D eigenvalue weighted by Crippen LogP contribution is -2.53. The van der Waals surface area contributed by atoms with Crippen molar-refractivity contribution in [2.24, 2.45) is 0 Å². The largest absolute Gasteiger partial charge is 0.483 e. The summed E-state index contributed by atoms with van der Waals surface area (Å²) in [6.45, 7) is 4.47. The first-order valence-corrected chi connectivity index (χ1v) is 9.80. The summed E-state index contributed by atoms with van der Waals surface area (Å²) in [7, 11) is 0. The quantitative estimate of drug-likeness (QED) is 0.835. The number of carbonyl (C=O) groups excluding carboxylic acids is 2. The van der Waals surface area contributed by atoms with E-state index in [-0.39, 0.29) is 30.4 Å². The van der Waals surface area contributed by atoms with Gasteiger partial charge in [0.15, 0.2) is 6.61 Å². The Morgan fingerprint density at radius 3 is 2.64 bits per heavy atom. The van der Waals surface area contributed by atoms with Crippen LogP contribution in [0, 0.1) is 6.92 Å². The molecule has 1 fully saturated rings. The van der Waals surface area contributed by atoms with Gasteiger partial charge >= 0.3 is 0 Å². The van der Waals surface area contributed by atoms with E-state index in [1.54, 1.807) is 23.1 Å². The van der Waals surface area contributed by atoms with Gasteiger partial charge in [-0.3, -0.25) is 9.59 Å². The van der Waals surface area contributed by atoms with Gasteiger partial charge in [0.05, 0.1) is 6.04 Å². The van der Waals surface area contributed by atoms with E-state index in [0.717, 1.165) is 12.0 Å². The van der Waals surface area contributed by atoms with Gasteiger partial charge < -0.3 is 15.0 Å². The first-order chi connectivity index (χ1) is 13.4. The molecule has 5 nitrogen and oxygen atoms in total. The molecule has 2 amide bonds. The van der Waals surface area contributed by atoms with E-state index in [1.807, 2.05) is 25.1 Å². The number of carbonyl (C=O) groups is 2. The molecule has 0 saturated carbocycles. The van der Waals surface area contributed by atoms with Crippen molar-refractivity contribution in [3.05, 3.63) is 64.7 Å². The lowest BCUT2D eigenvalue weighted by molar-refractivity contribution is -0.135. The minimum Gasteiger partial charge on any atom is -0.483 e. The zero-order valence-corrected chi connectivity index (χ0v) is 16.9. The van der Waals surface area contributed by atoms with Crippen LogP contribution in [0.15, 0.2) is 48.5 Å². The smallest absolute Gasteiger partial charge is 0.260 e. The van der Waals surface area contributed by atoms with E-state index in [1.165, 1.54) is 12.5 Å². The molecule has 0 aliphatic carbocycles. The number of amides is 2. The minimum atomic E-state index is -0.116. The fourth-order valence-corrected chi connectivity index (χ4v) is 3.92. The van der Waals surface area contributed by atoms with Gasteiger partial charge in [-0.05, 0) is 42.7 Å². The van der Waals surface area contributed by atoms with Crippen molar-refractivity contribution in [1.82, 2.24) is 10.2 Å². The molecule has 0 spiro atoms. The zero-order valence-electron chi connectivity index (χ0n) is 16.2. The molecule has 2 aromatic carbocycles. The van der Waals surface area contributed by atoms with Gasteiger partial charge in [-0.2, -0.15) is 0 Å². The molecule has 2 aromatic rings. The highest BCUT2D eigenvalue weighted by Crippen LogP contribution is 2.29. The van der Waals surface area contributed by atoms with E-state index in [2.05, 4.69) is 17.4 Å². The highest BCUT2D eigenvalue weighted by molar-refractivity contribution is 6.30. The molecule has 1 heterocycles. The predicted molar refractivity (Wildman–Crippen MR) is 110 cm³/mol. The van der Waals surface area contributed by atoms with E-state index in [0.29, 0.717) is 23.9 Å². The average Bonchev–Trinajstić information content (AvgIpc) is 2.67. The second kappa shape index (κ2) is 9.11. The van der Waals surface area contributed by atoms with Crippen LogP contribution in [0.3, 0.4) is 0 Å². The highest BCUT2D eigenvalue weighted by atomic mass is 35.5. The number of hydrogen-bond acceptors (Lipinski definition) is 3. The second-order valence-corrected chi connectivity index (χ2v) is 7.59. The average molecular weight is 401 g/mol. The molecule has 0 aromatic heterocycles. The Hall–Kier alpha value is -2.53. The van der Waals surface area contributed by atoms with Gasteiger partial charge in [0.25, 0.3) is 5.91 Å². The molecule has 3 rings (SSSR count). The van der Waals surface area contributed by atoms with Crippen molar-refractivity contribution in [2.45, 2.75) is 32.2 Å². The number of ether oxygens (including phenoxy) is 1. The fraction of sp³-hybridized carbons (Fsp3) is 0.364. The monoisotopic (exact) mass is 400 g/mol. The molecule has 0 radical (unpaired) electrons. The van der Waals surface area contributed by atoms with Crippen molar-refractivity contribution in [1.29, 1.82) is 0 Å². The fourth-order valence-electron chi connectivity index (χ4n) is 3.69. The van der Waals surface area contributed by atoms with E-state index >= 15 is 0 Å². The van der Waals surface area contributed by atoms with Crippen LogP contribution in [0.2, 0.25) is 5.02 Å². The van der Waals surface area contributed by atoms with Gasteiger partial charge in [-0.25, -0.2) is 0 Å². The third-order valence-corrected chi connectivity index (χ3v) is 5.31. The number of hydrogen-bond donors (Lipinski definition) is 1. The van der Waals surface area contributed by atoms with Gasteiger partial charge in [0.2, 0.25) is 5.91 Å². The van der Waals surface area contributed by atoms with Crippen LogP contribution in [0.4, 0.5) is 0 Å². The summed E-state index contributed by atoms with van der Waals surface area (Å²) in [5, 5.41) is 3.65. The molecule has 148 valence electrons. The number of benzene rings is 2. The predicted octanol–water partition coefficient (Wildman–Crippen LogP) is 3.55. The first kappa shape index (κ1) is 20.2. The standard InChI is InChI=1S/C22H25ClN2O3/c1-15-12-18(23)8-9-21(15)28-14-22(27)25-11-10-19(17-6-4-3-5-7-17)20(13-25)24-16(2)26/h3-9,12,19-20H,10-11,13-14H2,1-2H3,(H,24,26)/t19-,20-/m0/s1. The maximum absolute atomic E-state index is 12.7. The lowest BCUT2D eigenvalue weighted by atomic mass is 9.85. The Bertz CT molecular complexity index is 841. The van der Waals surface area contributed by atoms with Gasteiger partial charge in [-0.15, -0.1) is 0 Å². The molecular weight excluding hydrogens is 376 g/mol. The summed E-state index contributed by atoms with van der Waals surface area (Å²) in [5.41, 5.74) is 2.07. The van der Waals surface area contributed by atoms with Gasteiger partial charge in [0, 0.05) is 31.0 Å². The third kappa shape index (κ3) is 5.04. The number of aryl methyl sites for hydroxylation is 1. The Kier molecular flexibility index (Phi) is 6.57. The van der Waals surface area contributed by atoms with Crippen molar-refractivity contribution < 1.29 is 14.3 Å². The van der Waals surface area contributed by atoms with Crippen molar-refractivity contribution in [3.63, 3.8) is 0 Å². The minimum absolute atomic E-state index is 0.0364. The summed E-state index contributed by atoms with van der Waals surface area (Å²) >= 11 is 5.96. The number of nitrogens with zero attached hydrogens (tertiary/aromatic N) is 1. The van der Waals surface area contributed by atoms with Crippen molar-refractivity contribution in [3.8, 4) is 5.75 Å². The SMILES string of the molecule is CC(=O)N[C@H]1CN(C(=O)COc2ccc(Cl)cc2C)CC[C@H]1c1ccccc1. The van der Waals surface area contributed by atoms with Gasteiger partial charge in [-0.1, -0.05) is 41.9 Å². The van der Waals surface area contributed by atoms with E-state index in [4.69, 9.17) is 16.3 Å². The summed E-state index contributed by atoms with van der Waals surface area (Å²) < 4.78 is 5.70. The molecule has 1 saturated heterocycles. The number of rotatable bonds is 5. The molecule has 28 heavy (non-hydrogen) atoms. The van der Waals surface area contributed by atoms with Gasteiger partial charge in [0.1, 0.15) is 5.75 Å². The molecule has 0 bridgehead atoms. The molecule has 1 aliphatic rings. The summed E-state index contributed by atoms with van der Waals surface area (Å²) in [6, 6.07) is 15.3. The molecule has 1 N–H and O–H groups in total. The number of nitrogens with one attached hydrogen (secondary N) is 1. The number of halogens is 1. The topological polar surface area (TPSA) is 58.6 Å². The van der Waals surface area contributed by atoms with Crippen LogP contribution in [0.5, 0.6) is 5.75 Å². The van der Waals surface area contributed by atoms with Crippen LogP contribution >= 0.6 is 11.6 Å². The number of likely N-dealkylation sites (tertiary alicyclic amines) is 1. The second-order valence-electron chi connectivity index (χ2n) is 7.15. The Morgan fingerprint density at radius 2 is 1.96 bits per heavy atom.